The Bertz CT molecular complexity index is 813. The van der Waals surface area contributed by atoms with Gasteiger partial charge in [-0.2, -0.15) is 4.68 Å². The molecule has 4 aliphatic rings. The Kier molecular flexibility index (Phi) is 3.20. The van der Waals surface area contributed by atoms with Crippen molar-refractivity contribution < 1.29 is 13.6 Å². The first-order chi connectivity index (χ1) is 12.1. The summed E-state index contributed by atoms with van der Waals surface area (Å²) in [4.78, 5) is 24.5. The van der Waals surface area contributed by atoms with Gasteiger partial charge >= 0.3 is 5.76 Å². The maximum absolute atomic E-state index is 12.6. The first-order valence-corrected chi connectivity index (χ1v) is 9.01. The van der Waals surface area contributed by atoms with Gasteiger partial charge in [0, 0.05) is 5.54 Å². The molecule has 2 aromatic heterocycles. The number of carbonyl (C=O) groups is 1. The molecule has 4 fully saturated rings. The molecule has 0 spiro atoms. The quantitative estimate of drug-likeness (QED) is 0.919. The van der Waals surface area contributed by atoms with E-state index >= 15 is 0 Å². The van der Waals surface area contributed by atoms with E-state index < -0.39 is 5.76 Å². The molecule has 4 aliphatic carbocycles. The summed E-state index contributed by atoms with van der Waals surface area (Å²) in [7, 11) is 0. The van der Waals surface area contributed by atoms with Gasteiger partial charge in [0.05, 0.1) is 6.26 Å². The summed E-state index contributed by atoms with van der Waals surface area (Å²) in [5.41, 5.74) is -0.0665. The minimum absolute atomic E-state index is 0.0665. The standard InChI is InChI=1S/C18H21N3O4/c22-15(10-21-17(23)25-16(20-21)14-2-1-3-24-14)19-18-7-11-4-12(8-18)6-13(5-11)9-18/h1-3,11-13H,4-10H2,(H,19,22). The van der Waals surface area contributed by atoms with Crippen molar-refractivity contribution in [2.45, 2.75) is 50.6 Å². The number of aromatic nitrogens is 2. The molecule has 0 saturated heterocycles. The smallest absolute Gasteiger partial charge is 0.437 e. The number of rotatable bonds is 4. The zero-order valence-corrected chi connectivity index (χ0v) is 13.9. The normalized spacial score (nSPS) is 32.9. The van der Waals surface area contributed by atoms with E-state index in [1.54, 1.807) is 12.1 Å². The molecular formula is C18H21N3O4. The predicted molar refractivity (Wildman–Crippen MR) is 87.5 cm³/mol. The van der Waals surface area contributed by atoms with E-state index in [0.29, 0.717) is 5.76 Å². The zero-order chi connectivity index (χ0) is 17.0. The summed E-state index contributed by atoms with van der Waals surface area (Å²) in [6, 6.07) is 3.35. The molecule has 1 N–H and O–H groups in total. The first-order valence-electron chi connectivity index (χ1n) is 9.01. The molecule has 0 aromatic carbocycles. The van der Waals surface area contributed by atoms with Crippen molar-refractivity contribution in [1.29, 1.82) is 0 Å². The van der Waals surface area contributed by atoms with Crippen LogP contribution in [0.15, 0.2) is 32.0 Å². The number of hydrogen-bond donors (Lipinski definition) is 1. The molecule has 0 unspecified atom stereocenters. The van der Waals surface area contributed by atoms with Crippen molar-refractivity contribution in [2.75, 3.05) is 0 Å². The number of nitrogens with one attached hydrogen (secondary N) is 1. The fourth-order valence-corrected chi connectivity index (χ4v) is 5.64. The molecule has 0 atom stereocenters. The molecule has 1 amide bonds. The van der Waals surface area contributed by atoms with Gasteiger partial charge < -0.3 is 14.2 Å². The van der Waals surface area contributed by atoms with Crippen LogP contribution in [0.1, 0.15) is 38.5 Å². The van der Waals surface area contributed by atoms with Gasteiger partial charge in [-0.25, -0.2) is 4.79 Å². The topological polar surface area (TPSA) is 90.3 Å². The number of amides is 1. The molecule has 6 rings (SSSR count). The molecule has 7 nitrogen and oxygen atoms in total. The SMILES string of the molecule is O=C(Cn1nc(-c2ccco2)oc1=O)NC12CC3CC(CC(C3)C1)C2. The second-order valence-electron chi connectivity index (χ2n) is 8.05. The third kappa shape index (κ3) is 2.62. The van der Waals surface area contributed by atoms with Crippen molar-refractivity contribution >= 4 is 5.91 Å². The van der Waals surface area contributed by atoms with Crippen LogP contribution in [-0.2, 0) is 11.3 Å². The molecule has 25 heavy (non-hydrogen) atoms. The molecule has 4 saturated carbocycles. The van der Waals surface area contributed by atoms with Gasteiger partial charge in [0.2, 0.25) is 5.91 Å². The lowest BCUT2D eigenvalue weighted by Gasteiger charge is -2.56. The monoisotopic (exact) mass is 343 g/mol. The molecular weight excluding hydrogens is 322 g/mol. The van der Waals surface area contributed by atoms with E-state index in [1.807, 2.05) is 0 Å². The number of nitrogens with zero attached hydrogens (tertiary/aromatic N) is 2. The van der Waals surface area contributed by atoms with E-state index in [4.69, 9.17) is 8.83 Å². The van der Waals surface area contributed by atoms with Gasteiger partial charge in [-0.1, -0.05) is 0 Å². The molecule has 4 bridgehead atoms. The minimum Gasteiger partial charge on any atom is -0.459 e. The van der Waals surface area contributed by atoms with Gasteiger partial charge in [-0.15, -0.1) is 5.10 Å². The second kappa shape index (κ2) is 5.34. The minimum atomic E-state index is -0.646. The zero-order valence-electron chi connectivity index (χ0n) is 13.9. The fourth-order valence-electron chi connectivity index (χ4n) is 5.64. The summed E-state index contributed by atoms with van der Waals surface area (Å²) in [5, 5.41) is 7.31. The van der Waals surface area contributed by atoms with Crippen LogP contribution in [0.2, 0.25) is 0 Å². The highest BCUT2D eigenvalue weighted by molar-refractivity contribution is 5.76. The molecule has 0 aliphatic heterocycles. The Morgan fingerprint density at radius 2 is 1.92 bits per heavy atom. The maximum atomic E-state index is 12.6. The average molecular weight is 343 g/mol. The largest absolute Gasteiger partial charge is 0.459 e. The summed E-state index contributed by atoms with van der Waals surface area (Å²) < 4.78 is 11.3. The third-order valence-electron chi connectivity index (χ3n) is 6.07. The Morgan fingerprint density at radius 1 is 1.24 bits per heavy atom. The van der Waals surface area contributed by atoms with E-state index in [-0.39, 0.29) is 23.9 Å². The highest BCUT2D eigenvalue weighted by Crippen LogP contribution is 2.55. The van der Waals surface area contributed by atoms with Crippen LogP contribution in [0.25, 0.3) is 11.7 Å². The Labute approximate surface area is 144 Å². The van der Waals surface area contributed by atoms with Crippen LogP contribution in [0.3, 0.4) is 0 Å². The molecule has 2 aromatic rings. The fraction of sp³-hybridized carbons (Fsp3) is 0.611. The molecule has 132 valence electrons. The van der Waals surface area contributed by atoms with E-state index in [1.165, 1.54) is 25.5 Å². The van der Waals surface area contributed by atoms with Crippen molar-refractivity contribution in [3.8, 4) is 11.7 Å². The van der Waals surface area contributed by atoms with E-state index in [2.05, 4.69) is 10.4 Å². The van der Waals surface area contributed by atoms with E-state index in [0.717, 1.165) is 41.7 Å². The van der Waals surface area contributed by atoms with Gasteiger partial charge in [-0.05, 0) is 68.4 Å². The summed E-state index contributed by atoms with van der Waals surface area (Å²) >= 11 is 0. The van der Waals surface area contributed by atoms with Gasteiger partial charge in [0.1, 0.15) is 6.54 Å². The van der Waals surface area contributed by atoms with Crippen LogP contribution < -0.4 is 11.1 Å². The van der Waals surface area contributed by atoms with Crippen LogP contribution >= 0.6 is 0 Å². The molecule has 0 radical (unpaired) electrons. The predicted octanol–water partition coefficient (Wildman–Crippen LogP) is 2.18. The highest BCUT2D eigenvalue weighted by atomic mass is 16.4. The number of furan rings is 1. The van der Waals surface area contributed by atoms with E-state index in [9.17, 15) is 9.59 Å². The van der Waals surface area contributed by atoms with Crippen molar-refractivity contribution in [1.82, 2.24) is 15.1 Å². The lowest BCUT2D eigenvalue weighted by Crippen LogP contribution is -2.60. The van der Waals surface area contributed by atoms with Crippen LogP contribution in [0.5, 0.6) is 0 Å². The van der Waals surface area contributed by atoms with Gasteiger partial charge in [0.15, 0.2) is 5.76 Å². The third-order valence-corrected chi connectivity index (χ3v) is 6.07. The van der Waals surface area contributed by atoms with Crippen molar-refractivity contribution in [3.63, 3.8) is 0 Å². The lowest BCUT2D eigenvalue weighted by atomic mass is 9.53. The summed E-state index contributed by atoms with van der Waals surface area (Å²) in [6.45, 7) is -0.120. The average Bonchev–Trinajstić information content (AvgIpc) is 3.15. The van der Waals surface area contributed by atoms with Gasteiger partial charge in [-0.3, -0.25) is 4.79 Å². The Balaban J connectivity index is 1.31. The lowest BCUT2D eigenvalue weighted by molar-refractivity contribution is -0.127. The second-order valence-corrected chi connectivity index (χ2v) is 8.05. The van der Waals surface area contributed by atoms with Gasteiger partial charge in [0.25, 0.3) is 5.89 Å². The van der Waals surface area contributed by atoms with Crippen molar-refractivity contribution in [2.24, 2.45) is 17.8 Å². The molecule has 2 heterocycles. The maximum Gasteiger partial charge on any atom is 0.437 e. The Hall–Kier alpha value is -2.31. The van der Waals surface area contributed by atoms with Crippen LogP contribution in [0.4, 0.5) is 0 Å². The molecule has 7 heteroatoms. The van der Waals surface area contributed by atoms with Crippen molar-refractivity contribution in [3.05, 3.63) is 28.9 Å². The Morgan fingerprint density at radius 3 is 2.52 bits per heavy atom. The number of carbonyl (C=O) groups excluding carboxylic acids is 1. The summed E-state index contributed by atoms with van der Waals surface area (Å²) in [5.74, 6) is 1.93. The summed E-state index contributed by atoms with van der Waals surface area (Å²) in [6.07, 6.45) is 8.69. The van der Waals surface area contributed by atoms with Crippen LogP contribution in [0, 0.1) is 17.8 Å². The number of hydrogen-bond acceptors (Lipinski definition) is 5. The highest BCUT2D eigenvalue weighted by Gasteiger charge is 2.51. The first kappa shape index (κ1) is 15.0. The van der Waals surface area contributed by atoms with Crippen LogP contribution in [-0.4, -0.2) is 21.2 Å².